The summed E-state index contributed by atoms with van der Waals surface area (Å²) in [6, 6.07) is 26.5. The summed E-state index contributed by atoms with van der Waals surface area (Å²) >= 11 is 16.3. The van der Waals surface area contributed by atoms with Gasteiger partial charge in [-0.3, -0.25) is 13.9 Å². The van der Waals surface area contributed by atoms with Gasteiger partial charge in [0.15, 0.2) is 0 Å². The summed E-state index contributed by atoms with van der Waals surface area (Å²) in [5.74, 6) is -0.924. The SMILES string of the molecule is CC[C@H](C)NC(=O)[C@H](Cc1ccccc1)N(Cc1ccc(Br)cc1)C(=O)CN(c1cc(Cl)ccc1Cl)S(=O)(=O)c1ccc(C)cc1. The molecule has 0 saturated heterocycles. The fourth-order valence-electron chi connectivity index (χ4n) is 4.81. The van der Waals surface area contributed by atoms with Gasteiger partial charge in [0.1, 0.15) is 12.6 Å². The average Bonchev–Trinajstić information content (AvgIpc) is 3.04. The van der Waals surface area contributed by atoms with Crippen molar-refractivity contribution in [3.63, 3.8) is 0 Å². The van der Waals surface area contributed by atoms with E-state index in [4.69, 9.17) is 23.2 Å². The summed E-state index contributed by atoms with van der Waals surface area (Å²) in [5.41, 5.74) is 2.54. The highest BCUT2D eigenvalue weighted by Crippen LogP contribution is 2.33. The molecule has 4 aromatic carbocycles. The Kier molecular flexibility index (Phi) is 12.3. The zero-order valence-electron chi connectivity index (χ0n) is 25.8. The number of anilines is 1. The molecular weight excluding hydrogens is 709 g/mol. The predicted octanol–water partition coefficient (Wildman–Crippen LogP) is 7.81. The van der Waals surface area contributed by atoms with E-state index in [0.717, 1.165) is 25.5 Å². The lowest BCUT2D eigenvalue weighted by molar-refractivity contribution is -0.140. The van der Waals surface area contributed by atoms with Gasteiger partial charge in [0.2, 0.25) is 11.8 Å². The summed E-state index contributed by atoms with van der Waals surface area (Å²) in [7, 11) is -4.31. The van der Waals surface area contributed by atoms with Crippen LogP contribution in [-0.2, 0) is 32.6 Å². The van der Waals surface area contributed by atoms with Crippen LogP contribution in [0.25, 0.3) is 0 Å². The lowest BCUT2D eigenvalue weighted by atomic mass is 10.0. The fraction of sp³-hybridized carbons (Fsp3) is 0.257. The zero-order chi connectivity index (χ0) is 33.4. The fourth-order valence-corrected chi connectivity index (χ4v) is 6.93. The van der Waals surface area contributed by atoms with Gasteiger partial charge in [-0.2, -0.15) is 0 Å². The van der Waals surface area contributed by atoms with Crippen LogP contribution in [0.2, 0.25) is 10.0 Å². The van der Waals surface area contributed by atoms with Gasteiger partial charge in [0, 0.05) is 28.5 Å². The van der Waals surface area contributed by atoms with Crippen LogP contribution in [0.4, 0.5) is 5.69 Å². The normalized spacial score (nSPS) is 12.7. The van der Waals surface area contributed by atoms with Crippen molar-refractivity contribution in [3.8, 4) is 0 Å². The van der Waals surface area contributed by atoms with Crippen LogP contribution >= 0.6 is 39.1 Å². The molecule has 0 fully saturated rings. The monoisotopic (exact) mass is 743 g/mol. The first-order valence-corrected chi connectivity index (χ1v) is 17.8. The summed E-state index contributed by atoms with van der Waals surface area (Å²) in [4.78, 5) is 29.9. The highest BCUT2D eigenvalue weighted by Gasteiger charge is 2.35. The number of hydrogen-bond acceptors (Lipinski definition) is 4. The van der Waals surface area contributed by atoms with E-state index in [1.54, 1.807) is 18.2 Å². The Balaban J connectivity index is 1.83. The van der Waals surface area contributed by atoms with Gasteiger partial charge in [0.25, 0.3) is 10.0 Å². The molecule has 2 atom stereocenters. The van der Waals surface area contributed by atoms with E-state index in [0.29, 0.717) is 6.42 Å². The minimum absolute atomic E-state index is 0.0169. The minimum atomic E-state index is -4.31. The van der Waals surface area contributed by atoms with E-state index in [1.807, 2.05) is 75.4 Å². The molecule has 11 heteroatoms. The van der Waals surface area contributed by atoms with Crippen molar-refractivity contribution in [1.29, 1.82) is 0 Å². The average molecular weight is 746 g/mol. The molecule has 2 amide bonds. The number of sulfonamides is 1. The molecule has 46 heavy (non-hydrogen) atoms. The van der Waals surface area contributed by atoms with Crippen LogP contribution in [0.3, 0.4) is 0 Å². The predicted molar refractivity (Wildman–Crippen MR) is 189 cm³/mol. The molecule has 242 valence electrons. The molecule has 0 aliphatic rings. The smallest absolute Gasteiger partial charge is 0.264 e. The van der Waals surface area contributed by atoms with Crippen molar-refractivity contribution in [1.82, 2.24) is 10.2 Å². The molecule has 0 spiro atoms. The molecule has 0 aliphatic heterocycles. The van der Waals surface area contributed by atoms with E-state index in [1.165, 1.54) is 29.2 Å². The summed E-state index contributed by atoms with van der Waals surface area (Å²) in [6.07, 6.45) is 0.911. The van der Waals surface area contributed by atoms with Gasteiger partial charge >= 0.3 is 0 Å². The van der Waals surface area contributed by atoms with Gasteiger partial charge in [-0.15, -0.1) is 0 Å². The number of aryl methyl sites for hydroxylation is 1. The molecule has 7 nitrogen and oxygen atoms in total. The molecule has 0 radical (unpaired) electrons. The van der Waals surface area contributed by atoms with Crippen LogP contribution in [0.15, 0.2) is 106 Å². The highest BCUT2D eigenvalue weighted by molar-refractivity contribution is 9.10. The summed E-state index contributed by atoms with van der Waals surface area (Å²) in [6.45, 7) is 5.14. The van der Waals surface area contributed by atoms with E-state index in [9.17, 15) is 18.0 Å². The third kappa shape index (κ3) is 9.12. The largest absolute Gasteiger partial charge is 0.352 e. The molecule has 4 aromatic rings. The van der Waals surface area contributed by atoms with Crippen molar-refractivity contribution in [2.24, 2.45) is 0 Å². The van der Waals surface area contributed by atoms with Crippen molar-refractivity contribution < 1.29 is 18.0 Å². The topological polar surface area (TPSA) is 86.8 Å². The van der Waals surface area contributed by atoms with Gasteiger partial charge in [-0.25, -0.2) is 8.42 Å². The molecule has 1 N–H and O–H groups in total. The number of hydrogen-bond donors (Lipinski definition) is 1. The first-order chi connectivity index (χ1) is 21.9. The number of nitrogens with one attached hydrogen (secondary N) is 1. The van der Waals surface area contributed by atoms with Crippen LogP contribution < -0.4 is 9.62 Å². The number of nitrogens with zero attached hydrogens (tertiary/aromatic N) is 2. The van der Waals surface area contributed by atoms with Crippen LogP contribution in [-0.4, -0.2) is 43.8 Å². The lowest BCUT2D eigenvalue weighted by Gasteiger charge is -2.34. The Morgan fingerprint density at radius 2 is 1.54 bits per heavy atom. The van der Waals surface area contributed by atoms with Crippen LogP contribution in [0, 0.1) is 6.92 Å². The molecule has 0 aliphatic carbocycles. The third-order valence-corrected chi connectivity index (χ3v) is 10.5. The Hall–Kier alpha value is -3.37. The maximum atomic E-state index is 14.6. The summed E-state index contributed by atoms with van der Waals surface area (Å²) < 4.78 is 30.2. The second kappa shape index (κ2) is 16.0. The lowest BCUT2D eigenvalue weighted by Crippen LogP contribution is -2.54. The number of halogens is 3. The highest BCUT2D eigenvalue weighted by atomic mass is 79.9. The number of carbonyl (C=O) groups is 2. The van der Waals surface area contributed by atoms with Gasteiger partial charge < -0.3 is 10.2 Å². The molecule has 0 saturated carbocycles. The zero-order valence-corrected chi connectivity index (χ0v) is 29.7. The number of rotatable bonds is 13. The van der Waals surface area contributed by atoms with Gasteiger partial charge in [0.05, 0.1) is 15.6 Å². The molecule has 0 aromatic heterocycles. The van der Waals surface area contributed by atoms with E-state index < -0.39 is 28.5 Å². The second-order valence-corrected chi connectivity index (χ2v) is 14.7. The number of amides is 2. The Morgan fingerprint density at radius 1 is 0.891 bits per heavy atom. The van der Waals surface area contributed by atoms with Crippen molar-refractivity contribution in [3.05, 3.63) is 128 Å². The van der Waals surface area contributed by atoms with Crippen molar-refractivity contribution in [2.75, 3.05) is 10.8 Å². The first-order valence-electron chi connectivity index (χ1n) is 14.8. The van der Waals surface area contributed by atoms with Crippen molar-refractivity contribution in [2.45, 2.75) is 57.1 Å². The van der Waals surface area contributed by atoms with E-state index >= 15 is 0 Å². The van der Waals surface area contributed by atoms with Gasteiger partial charge in [-0.05, 0) is 73.9 Å². The second-order valence-electron chi connectivity index (χ2n) is 11.1. The summed E-state index contributed by atoms with van der Waals surface area (Å²) in [5, 5.41) is 3.38. The van der Waals surface area contributed by atoms with Crippen molar-refractivity contribution >= 4 is 66.7 Å². The Morgan fingerprint density at radius 3 is 2.17 bits per heavy atom. The molecule has 0 unspecified atom stereocenters. The number of carbonyl (C=O) groups excluding carboxylic acids is 2. The molecule has 0 bridgehead atoms. The maximum absolute atomic E-state index is 14.6. The quantitative estimate of drug-likeness (QED) is 0.151. The molecule has 4 rings (SSSR count). The van der Waals surface area contributed by atoms with Crippen LogP contribution in [0.1, 0.15) is 37.0 Å². The van der Waals surface area contributed by atoms with Crippen LogP contribution in [0.5, 0.6) is 0 Å². The van der Waals surface area contributed by atoms with E-state index in [2.05, 4.69) is 21.2 Å². The molecule has 0 heterocycles. The maximum Gasteiger partial charge on any atom is 0.264 e. The minimum Gasteiger partial charge on any atom is -0.352 e. The Bertz CT molecular complexity index is 1760. The molecular formula is C35H36BrCl2N3O4S. The first kappa shape index (κ1) is 35.5. The standard InChI is InChI=1S/C35H36BrCl2N3O4S/c1-4-25(3)39-35(43)33(20-26-8-6-5-7-9-26)40(22-27-12-14-28(36)15-13-27)34(42)23-41(32-21-29(37)16-19-31(32)38)46(44,45)30-17-10-24(2)11-18-30/h5-19,21,25,33H,4,20,22-23H2,1-3H3,(H,39,43)/t25-,33-/m0/s1. The van der Waals surface area contributed by atoms with E-state index in [-0.39, 0.29) is 45.5 Å². The number of benzene rings is 4. The Labute approximate surface area is 289 Å². The third-order valence-electron chi connectivity index (χ3n) is 7.60. The van der Waals surface area contributed by atoms with Gasteiger partial charge in [-0.1, -0.05) is 106 Å².